The molecule has 9 nitrogen and oxygen atoms in total. The number of rotatable bonds is 7. The van der Waals surface area contributed by atoms with Crippen LogP contribution in [0.4, 0.5) is 5.69 Å². The number of hydrogen-bond donors (Lipinski definition) is 2. The zero-order chi connectivity index (χ0) is 25.3. The molecule has 2 N–H and O–H groups in total. The maximum atomic E-state index is 13.0. The highest BCUT2D eigenvalue weighted by Gasteiger charge is 2.23. The number of aryl methyl sites for hydroxylation is 1. The Bertz CT molecular complexity index is 1530. The largest absolute Gasteiger partial charge is 0.464 e. The van der Waals surface area contributed by atoms with Gasteiger partial charge in [-0.15, -0.1) is 0 Å². The molecule has 0 bridgehead atoms. The van der Waals surface area contributed by atoms with Crippen LogP contribution < -0.4 is 15.6 Å². The summed E-state index contributed by atoms with van der Waals surface area (Å²) in [6, 6.07) is 17.7. The lowest BCUT2D eigenvalue weighted by Gasteiger charge is -2.12. The van der Waals surface area contributed by atoms with E-state index in [2.05, 4.69) is 10.0 Å². The van der Waals surface area contributed by atoms with Gasteiger partial charge in [-0.3, -0.25) is 19.0 Å². The van der Waals surface area contributed by atoms with E-state index < -0.39 is 15.6 Å². The van der Waals surface area contributed by atoms with Crippen LogP contribution in [0, 0.1) is 13.8 Å². The number of amides is 1. The summed E-state index contributed by atoms with van der Waals surface area (Å²) in [6.45, 7) is 5.27. The smallest absolute Gasteiger partial charge is 0.296 e. The van der Waals surface area contributed by atoms with Crippen LogP contribution in [0.1, 0.15) is 40.5 Å². The number of nitrogens with zero attached hydrogens (tertiary/aromatic N) is 2. The predicted molar refractivity (Wildman–Crippen MR) is 132 cm³/mol. The lowest BCUT2D eigenvalue weighted by atomic mass is 10.2. The van der Waals surface area contributed by atoms with E-state index in [0.29, 0.717) is 22.7 Å². The van der Waals surface area contributed by atoms with E-state index in [1.807, 2.05) is 19.1 Å². The number of anilines is 1. The minimum atomic E-state index is -4.07. The van der Waals surface area contributed by atoms with Gasteiger partial charge in [0, 0.05) is 12.6 Å². The number of para-hydroxylation sites is 1. The Morgan fingerprint density at radius 1 is 0.971 bits per heavy atom. The quantitative estimate of drug-likeness (QED) is 0.407. The second-order valence-electron chi connectivity index (χ2n) is 8.21. The highest BCUT2D eigenvalue weighted by atomic mass is 32.2. The third kappa shape index (κ3) is 4.78. The molecule has 0 fully saturated rings. The monoisotopic (exact) mass is 494 g/mol. The van der Waals surface area contributed by atoms with E-state index in [-0.39, 0.29) is 22.5 Å². The Balaban J connectivity index is 1.54. The zero-order valence-electron chi connectivity index (χ0n) is 19.8. The van der Waals surface area contributed by atoms with Crippen molar-refractivity contribution in [2.75, 3.05) is 4.72 Å². The third-order valence-corrected chi connectivity index (χ3v) is 7.12. The second-order valence-corrected chi connectivity index (χ2v) is 9.89. The lowest BCUT2D eigenvalue weighted by Crippen LogP contribution is -2.26. The maximum absolute atomic E-state index is 13.0. The van der Waals surface area contributed by atoms with Gasteiger partial charge in [-0.1, -0.05) is 18.2 Å². The Kier molecular flexibility index (Phi) is 6.40. The molecule has 1 atom stereocenters. The Hall–Kier alpha value is -4.05. The van der Waals surface area contributed by atoms with Gasteiger partial charge < -0.3 is 9.73 Å². The molecule has 4 aromatic rings. The fourth-order valence-corrected chi connectivity index (χ4v) is 4.82. The van der Waals surface area contributed by atoms with Crippen LogP contribution >= 0.6 is 0 Å². The van der Waals surface area contributed by atoms with E-state index in [4.69, 9.17) is 4.42 Å². The van der Waals surface area contributed by atoms with E-state index >= 15 is 0 Å². The van der Waals surface area contributed by atoms with Crippen molar-refractivity contribution >= 4 is 21.6 Å². The summed E-state index contributed by atoms with van der Waals surface area (Å²) in [5, 5.41) is 2.82. The molecule has 182 valence electrons. The van der Waals surface area contributed by atoms with Crippen molar-refractivity contribution < 1.29 is 17.6 Å². The first-order valence-corrected chi connectivity index (χ1v) is 12.4. The van der Waals surface area contributed by atoms with Crippen LogP contribution in [0.15, 0.2) is 80.8 Å². The predicted octanol–water partition coefficient (Wildman–Crippen LogP) is 3.68. The first-order valence-electron chi connectivity index (χ1n) is 10.9. The van der Waals surface area contributed by atoms with E-state index in [0.717, 1.165) is 5.76 Å². The maximum Gasteiger partial charge on any atom is 0.296 e. The average Bonchev–Trinajstić information content (AvgIpc) is 3.36. The van der Waals surface area contributed by atoms with Gasteiger partial charge in [0.1, 0.15) is 17.2 Å². The Morgan fingerprint density at radius 2 is 1.63 bits per heavy atom. The van der Waals surface area contributed by atoms with Crippen LogP contribution in [-0.4, -0.2) is 23.7 Å². The molecule has 2 aromatic carbocycles. The molecule has 0 saturated carbocycles. The molecule has 0 saturated heterocycles. The molecule has 1 amide bonds. The Morgan fingerprint density at radius 3 is 2.23 bits per heavy atom. The molecule has 0 spiro atoms. The minimum Gasteiger partial charge on any atom is -0.464 e. The number of carbonyl (C=O) groups excluding carboxylic acids is 1. The van der Waals surface area contributed by atoms with Crippen LogP contribution in [0.3, 0.4) is 0 Å². The van der Waals surface area contributed by atoms with Crippen LogP contribution in [0.2, 0.25) is 0 Å². The number of furan rings is 1. The van der Waals surface area contributed by atoms with Crippen molar-refractivity contribution in [3.8, 4) is 5.69 Å². The van der Waals surface area contributed by atoms with Crippen molar-refractivity contribution in [2.45, 2.75) is 31.7 Å². The van der Waals surface area contributed by atoms with Crippen molar-refractivity contribution in [1.29, 1.82) is 0 Å². The summed E-state index contributed by atoms with van der Waals surface area (Å²) in [4.78, 5) is 25.6. The molecule has 4 rings (SSSR count). The molecule has 35 heavy (non-hydrogen) atoms. The molecule has 2 aromatic heterocycles. The standard InChI is InChI=1S/C25H26N4O5S/c1-16-10-15-22(34-16)17(2)26-24(30)19-11-13-21(14-12-19)35(32,33)27-23-18(3)28(4)29(25(23)31)20-8-6-5-7-9-20/h5-15,17,27H,1-4H3,(H,26,30). The highest BCUT2D eigenvalue weighted by Crippen LogP contribution is 2.20. The summed E-state index contributed by atoms with van der Waals surface area (Å²) in [6.07, 6.45) is 0. The third-order valence-electron chi connectivity index (χ3n) is 5.75. The summed E-state index contributed by atoms with van der Waals surface area (Å²) >= 11 is 0. The van der Waals surface area contributed by atoms with E-state index in [1.165, 1.54) is 28.9 Å². The van der Waals surface area contributed by atoms with Crippen LogP contribution in [0.25, 0.3) is 5.69 Å². The summed E-state index contributed by atoms with van der Waals surface area (Å²) < 4.78 is 37.0. The van der Waals surface area contributed by atoms with Crippen molar-refractivity contribution in [3.05, 3.63) is 99.9 Å². The van der Waals surface area contributed by atoms with Crippen molar-refractivity contribution in [2.24, 2.45) is 7.05 Å². The number of nitrogens with one attached hydrogen (secondary N) is 2. The minimum absolute atomic E-state index is 0.0410. The SMILES string of the molecule is Cc1ccc(C(C)NC(=O)c2ccc(S(=O)(=O)Nc3c(C)n(C)n(-c4ccccc4)c3=O)cc2)o1. The van der Waals surface area contributed by atoms with E-state index in [1.54, 1.807) is 55.9 Å². The van der Waals surface area contributed by atoms with Gasteiger partial charge in [0.2, 0.25) is 0 Å². The van der Waals surface area contributed by atoms with Gasteiger partial charge in [0.05, 0.1) is 22.3 Å². The van der Waals surface area contributed by atoms with Gasteiger partial charge >= 0.3 is 0 Å². The zero-order valence-corrected chi connectivity index (χ0v) is 20.6. The highest BCUT2D eigenvalue weighted by molar-refractivity contribution is 7.92. The molecular formula is C25H26N4O5S. The summed E-state index contributed by atoms with van der Waals surface area (Å²) in [5.74, 6) is 0.999. The van der Waals surface area contributed by atoms with Gasteiger partial charge in [-0.2, -0.15) is 0 Å². The van der Waals surface area contributed by atoms with E-state index in [9.17, 15) is 18.0 Å². The number of benzene rings is 2. The summed E-state index contributed by atoms with van der Waals surface area (Å²) in [7, 11) is -2.39. The first kappa shape index (κ1) is 24.1. The van der Waals surface area contributed by atoms with Crippen molar-refractivity contribution in [3.63, 3.8) is 0 Å². The summed E-state index contributed by atoms with van der Waals surface area (Å²) in [5.41, 5.74) is 0.837. The van der Waals surface area contributed by atoms with Gasteiger partial charge in [-0.25, -0.2) is 13.1 Å². The number of hydrogen-bond acceptors (Lipinski definition) is 5. The lowest BCUT2D eigenvalue weighted by molar-refractivity contribution is 0.0935. The molecular weight excluding hydrogens is 468 g/mol. The second kappa shape index (κ2) is 9.30. The number of carbonyl (C=O) groups is 1. The first-order chi connectivity index (χ1) is 16.6. The van der Waals surface area contributed by atoms with Gasteiger partial charge in [0.15, 0.2) is 0 Å². The number of sulfonamides is 1. The molecule has 0 aliphatic heterocycles. The normalized spacial score (nSPS) is 12.3. The van der Waals surface area contributed by atoms with Crippen LogP contribution in [-0.2, 0) is 17.1 Å². The molecule has 0 aliphatic carbocycles. The van der Waals surface area contributed by atoms with Gasteiger partial charge in [0.25, 0.3) is 21.5 Å². The molecule has 10 heteroatoms. The number of aromatic nitrogens is 2. The molecule has 1 unspecified atom stereocenters. The van der Waals surface area contributed by atoms with Gasteiger partial charge in [-0.05, 0) is 69.3 Å². The van der Waals surface area contributed by atoms with Crippen LogP contribution in [0.5, 0.6) is 0 Å². The fourth-order valence-electron chi connectivity index (χ4n) is 3.70. The van der Waals surface area contributed by atoms with Crippen molar-refractivity contribution in [1.82, 2.24) is 14.7 Å². The average molecular weight is 495 g/mol. The fraction of sp³-hybridized carbons (Fsp3) is 0.200. The topological polar surface area (TPSA) is 115 Å². The molecule has 0 aliphatic rings. The Labute approximate surface area is 203 Å². The molecule has 0 radical (unpaired) electrons. The molecule has 2 heterocycles.